The van der Waals surface area contributed by atoms with Crippen molar-refractivity contribution in [2.75, 3.05) is 32.8 Å². The highest BCUT2D eigenvalue weighted by Crippen LogP contribution is 2.30. The van der Waals surface area contributed by atoms with E-state index in [1.54, 1.807) is 43.2 Å². The topological polar surface area (TPSA) is 77.5 Å². The Morgan fingerprint density at radius 3 is 2.61 bits per heavy atom. The normalized spacial score (nSPS) is 10.5. The Morgan fingerprint density at radius 2 is 1.89 bits per heavy atom. The molecule has 0 saturated heterocycles. The first-order chi connectivity index (χ1) is 13.6. The van der Waals surface area contributed by atoms with Crippen LogP contribution in [0.1, 0.15) is 10.5 Å². The number of nitrogens with zero attached hydrogens (tertiary/aromatic N) is 1. The number of hydrogen-bond acceptors (Lipinski definition) is 5. The number of amides is 1. The van der Waals surface area contributed by atoms with E-state index in [-0.39, 0.29) is 5.91 Å². The summed E-state index contributed by atoms with van der Waals surface area (Å²) in [5.74, 6) is 0.790. The summed E-state index contributed by atoms with van der Waals surface area (Å²) < 4.78 is 18.1. The smallest absolute Gasteiger partial charge is 0.274 e. The number of nitrogens with one attached hydrogen (secondary N) is 2. The summed E-state index contributed by atoms with van der Waals surface area (Å²) >= 11 is 5.33. The van der Waals surface area contributed by atoms with E-state index in [1.807, 2.05) is 30.3 Å². The van der Waals surface area contributed by atoms with Gasteiger partial charge in [-0.25, -0.2) is 0 Å². The van der Waals surface area contributed by atoms with Gasteiger partial charge >= 0.3 is 0 Å². The van der Waals surface area contributed by atoms with Crippen LogP contribution in [0.5, 0.6) is 11.5 Å². The van der Waals surface area contributed by atoms with Crippen LogP contribution in [0, 0.1) is 4.77 Å². The lowest BCUT2D eigenvalue weighted by Gasteiger charge is -2.13. The quantitative estimate of drug-likeness (QED) is 0.445. The second kappa shape index (κ2) is 9.20. The second-order valence-electron chi connectivity index (χ2n) is 5.81. The highest BCUT2D eigenvalue weighted by atomic mass is 32.1. The number of carbonyl (C=O) groups is 1. The molecule has 0 aliphatic rings. The van der Waals surface area contributed by atoms with Crippen LogP contribution in [0.3, 0.4) is 0 Å². The Hall–Kier alpha value is -3.10. The number of aromatic nitrogens is 2. The number of hydrogen-bond donors (Lipinski definition) is 2. The molecular weight excluding hydrogens is 378 g/mol. The fourth-order valence-corrected chi connectivity index (χ4v) is 2.93. The fraction of sp³-hybridized carbons (Fsp3) is 0.200. The molecule has 1 heterocycles. The van der Waals surface area contributed by atoms with Gasteiger partial charge in [0.25, 0.3) is 5.91 Å². The Balaban J connectivity index is 1.84. The van der Waals surface area contributed by atoms with Gasteiger partial charge in [0.1, 0.15) is 12.3 Å². The first kappa shape index (κ1) is 19.7. The third-order valence-corrected chi connectivity index (χ3v) is 4.29. The van der Waals surface area contributed by atoms with Gasteiger partial charge in [0.15, 0.2) is 16.3 Å². The Kier molecular flexibility index (Phi) is 6.46. The molecule has 0 spiro atoms. The van der Waals surface area contributed by atoms with Gasteiger partial charge in [-0.1, -0.05) is 18.2 Å². The van der Waals surface area contributed by atoms with Crippen LogP contribution in [0.4, 0.5) is 5.69 Å². The molecule has 3 aromatic rings. The summed E-state index contributed by atoms with van der Waals surface area (Å²) in [4.78, 5) is 15.8. The summed E-state index contributed by atoms with van der Waals surface area (Å²) in [5.41, 5.74) is 1.77. The molecule has 2 aromatic carbocycles. The summed E-state index contributed by atoms with van der Waals surface area (Å²) in [7, 11) is 3.16. The van der Waals surface area contributed by atoms with Gasteiger partial charge < -0.3 is 24.5 Å². The molecule has 3 rings (SSSR count). The number of ether oxygens (including phenoxy) is 3. The highest BCUT2D eigenvalue weighted by molar-refractivity contribution is 7.71. The number of imidazole rings is 1. The molecule has 1 amide bonds. The van der Waals surface area contributed by atoms with Crippen LogP contribution in [-0.4, -0.2) is 42.9 Å². The molecule has 0 saturated carbocycles. The third-order valence-electron chi connectivity index (χ3n) is 3.99. The predicted octanol–water partition coefficient (Wildman–Crippen LogP) is 3.82. The zero-order valence-electron chi connectivity index (χ0n) is 15.6. The zero-order valence-corrected chi connectivity index (χ0v) is 16.4. The number of rotatable bonds is 8. The van der Waals surface area contributed by atoms with E-state index >= 15 is 0 Å². The van der Waals surface area contributed by atoms with Crippen LogP contribution >= 0.6 is 12.2 Å². The van der Waals surface area contributed by atoms with E-state index in [2.05, 4.69) is 10.3 Å². The first-order valence-electron chi connectivity index (χ1n) is 8.61. The van der Waals surface area contributed by atoms with Crippen LogP contribution in [0.15, 0.2) is 54.7 Å². The summed E-state index contributed by atoms with van der Waals surface area (Å²) in [6.07, 6.45) is 1.59. The second-order valence-corrected chi connectivity index (χ2v) is 6.20. The van der Waals surface area contributed by atoms with E-state index in [4.69, 9.17) is 26.4 Å². The Bertz CT molecular complexity index is 998. The largest absolute Gasteiger partial charge is 0.493 e. The number of anilines is 1. The molecule has 2 N–H and O–H groups in total. The van der Waals surface area contributed by atoms with Crippen molar-refractivity contribution in [2.24, 2.45) is 0 Å². The van der Waals surface area contributed by atoms with E-state index < -0.39 is 0 Å². The van der Waals surface area contributed by atoms with Gasteiger partial charge in [-0.2, -0.15) is 0 Å². The van der Waals surface area contributed by atoms with Crippen LogP contribution in [0.2, 0.25) is 0 Å². The van der Waals surface area contributed by atoms with Crippen molar-refractivity contribution in [1.29, 1.82) is 0 Å². The monoisotopic (exact) mass is 399 g/mol. The molecule has 0 bridgehead atoms. The average molecular weight is 399 g/mol. The molecule has 0 aliphatic heterocycles. The van der Waals surface area contributed by atoms with Crippen molar-refractivity contribution in [3.63, 3.8) is 0 Å². The molecule has 0 fully saturated rings. The van der Waals surface area contributed by atoms with Crippen LogP contribution < -0.4 is 14.8 Å². The standard InChI is InChI=1S/C20H21N3O4S/c1-25-10-11-27-18-12-14(8-9-17(18)26-2)22-19(24)16-13-21-20(28)23(16)15-6-4-3-5-7-15/h3-9,12-13H,10-11H2,1-2H3,(H,21,28)(H,22,24). The predicted molar refractivity (Wildman–Crippen MR) is 109 cm³/mol. The minimum Gasteiger partial charge on any atom is -0.493 e. The van der Waals surface area contributed by atoms with Crippen LogP contribution in [0.25, 0.3) is 5.69 Å². The van der Waals surface area contributed by atoms with E-state index in [9.17, 15) is 4.79 Å². The lowest BCUT2D eigenvalue weighted by Crippen LogP contribution is -2.16. The van der Waals surface area contributed by atoms with Crippen molar-refractivity contribution in [3.8, 4) is 17.2 Å². The molecule has 7 nitrogen and oxygen atoms in total. The molecular formula is C20H21N3O4S. The van der Waals surface area contributed by atoms with Crippen molar-refractivity contribution < 1.29 is 19.0 Å². The van der Waals surface area contributed by atoms with Crippen LogP contribution in [-0.2, 0) is 4.74 Å². The number of methoxy groups -OCH3 is 2. The van der Waals surface area contributed by atoms with Gasteiger partial charge in [-0.05, 0) is 36.5 Å². The lowest BCUT2D eigenvalue weighted by molar-refractivity contribution is 0.102. The number of aromatic amines is 1. The van der Waals surface area contributed by atoms with Gasteiger partial charge in [0.05, 0.1) is 13.7 Å². The first-order valence-corrected chi connectivity index (χ1v) is 9.02. The lowest BCUT2D eigenvalue weighted by atomic mass is 10.2. The van der Waals surface area contributed by atoms with E-state index in [1.165, 1.54) is 0 Å². The molecule has 0 atom stereocenters. The zero-order chi connectivity index (χ0) is 19.9. The van der Waals surface area contributed by atoms with E-state index in [0.29, 0.717) is 40.9 Å². The van der Waals surface area contributed by atoms with E-state index in [0.717, 1.165) is 5.69 Å². The summed E-state index contributed by atoms with van der Waals surface area (Å²) in [5, 5.41) is 2.87. The van der Waals surface area contributed by atoms with Crippen molar-refractivity contribution in [3.05, 3.63) is 65.2 Å². The minimum absolute atomic E-state index is 0.302. The summed E-state index contributed by atoms with van der Waals surface area (Å²) in [6.45, 7) is 0.817. The average Bonchev–Trinajstić information content (AvgIpc) is 3.10. The highest BCUT2D eigenvalue weighted by Gasteiger charge is 2.15. The summed E-state index contributed by atoms with van der Waals surface area (Å²) in [6, 6.07) is 14.6. The molecule has 0 aliphatic carbocycles. The van der Waals surface area contributed by atoms with Gasteiger partial charge in [-0.3, -0.25) is 9.36 Å². The molecule has 28 heavy (non-hydrogen) atoms. The van der Waals surface area contributed by atoms with Crippen molar-refractivity contribution >= 4 is 23.8 Å². The molecule has 1 aromatic heterocycles. The molecule has 8 heteroatoms. The number of H-pyrrole nitrogens is 1. The maximum atomic E-state index is 12.9. The Labute approximate surface area is 167 Å². The van der Waals surface area contributed by atoms with Gasteiger partial charge in [0, 0.05) is 30.7 Å². The van der Waals surface area contributed by atoms with Gasteiger partial charge in [-0.15, -0.1) is 0 Å². The maximum Gasteiger partial charge on any atom is 0.274 e. The molecule has 0 unspecified atom stereocenters. The van der Waals surface area contributed by atoms with Crippen molar-refractivity contribution in [2.45, 2.75) is 0 Å². The molecule has 146 valence electrons. The molecule has 0 radical (unpaired) electrons. The number of benzene rings is 2. The SMILES string of the molecule is COCCOc1cc(NC(=O)c2c[nH]c(=S)n2-c2ccccc2)ccc1OC. The number of para-hydroxylation sites is 1. The maximum absolute atomic E-state index is 12.9. The fourth-order valence-electron chi connectivity index (χ4n) is 2.67. The van der Waals surface area contributed by atoms with Gasteiger partial charge in [0.2, 0.25) is 0 Å². The number of carbonyl (C=O) groups excluding carboxylic acids is 1. The third kappa shape index (κ3) is 4.41. The minimum atomic E-state index is -0.302. The van der Waals surface area contributed by atoms with Crippen molar-refractivity contribution in [1.82, 2.24) is 9.55 Å². The Morgan fingerprint density at radius 1 is 1.11 bits per heavy atom.